The van der Waals surface area contributed by atoms with Crippen molar-refractivity contribution in [2.75, 3.05) is 19.0 Å². The Bertz CT molecular complexity index is 793. The van der Waals surface area contributed by atoms with Crippen molar-refractivity contribution in [2.45, 2.75) is 6.54 Å². The van der Waals surface area contributed by atoms with Gasteiger partial charge in [0.05, 0.1) is 25.1 Å². The van der Waals surface area contributed by atoms with Gasteiger partial charge in [0, 0.05) is 6.07 Å². The first kappa shape index (κ1) is 15.7. The fraction of sp³-hybridized carbons (Fsp3) is 0.200. The van der Waals surface area contributed by atoms with Gasteiger partial charge in [0.15, 0.2) is 0 Å². The van der Waals surface area contributed by atoms with Crippen LogP contribution in [0, 0.1) is 0 Å². The summed E-state index contributed by atoms with van der Waals surface area (Å²) in [6.45, 7) is 0.249. The maximum Gasteiger partial charge on any atom is 0.270 e. The molecule has 0 saturated carbocycles. The number of amides is 1. The number of aliphatic hydroxyl groups excluding tert-OH is 1. The lowest BCUT2D eigenvalue weighted by atomic mass is 10.3. The van der Waals surface area contributed by atoms with E-state index in [1.165, 1.54) is 18.4 Å². The third-order valence-corrected chi connectivity index (χ3v) is 4.95. The van der Waals surface area contributed by atoms with Crippen LogP contribution < -0.4 is 10.1 Å². The van der Waals surface area contributed by atoms with Gasteiger partial charge in [-0.15, -0.1) is 22.7 Å². The molecule has 23 heavy (non-hydrogen) atoms. The lowest BCUT2D eigenvalue weighted by molar-refractivity contribution is 0.102. The summed E-state index contributed by atoms with van der Waals surface area (Å²) >= 11 is 2.88. The molecule has 3 rings (SSSR count). The zero-order valence-electron chi connectivity index (χ0n) is 12.4. The summed E-state index contributed by atoms with van der Waals surface area (Å²) in [5, 5.41) is 20.2. The first-order valence-corrected chi connectivity index (χ1v) is 8.64. The molecule has 2 N–H and O–H groups in total. The number of rotatable bonds is 6. The first-order chi connectivity index (χ1) is 11.2. The average Bonchev–Trinajstić information content (AvgIpc) is 3.28. The quantitative estimate of drug-likeness (QED) is 0.717. The third-order valence-electron chi connectivity index (χ3n) is 3.16. The van der Waals surface area contributed by atoms with Gasteiger partial charge in [0.25, 0.3) is 5.91 Å². The largest absolute Gasteiger partial charge is 0.495 e. The molecule has 0 aromatic carbocycles. The second-order valence-corrected chi connectivity index (χ2v) is 6.47. The summed E-state index contributed by atoms with van der Waals surface area (Å²) in [5.41, 5.74) is 0.766. The van der Waals surface area contributed by atoms with Gasteiger partial charge < -0.3 is 15.2 Å². The van der Waals surface area contributed by atoms with Crippen LogP contribution in [0.2, 0.25) is 0 Å². The molecular formula is C15H15N3O3S2. The number of thiophene rings is 2. The second-order valence-electron chi connectivity index (χ2n) is 4.61. The Morgan fingerprint density at radius 2 is 2.26 bits per heavy atom. The summed E-state index contributed by atoms with van der Waals surface area (Å²) in [4.78, 5) is 13.9. The van der Waals surface area contributed by atoms with Crippen LogP contribution in [0.3, 0.4) is 0 Å². The Morgan fingerprint density at radius 3 is 2.96 bits per heavy atom. The number of carbonyl (C=O) groups is 1. The van der Waals surface area contributed by atoms with Crippen LogP contribution in [0.5, 0.6) is 5.75 Å². The minimum Gasteiger partial charge on any atom is -0.495 e. The molecule has 0 unspecified atom stereocenters. The van der Waals surface area contributed by atoms with E-state index < -0.39 is 0 Å². The molecule has 1 amide bonds. The average molecular weight is 349 g/mol. The highest BCUT2D eigenvalue weighted by atomic mass is 32.1. The summed E-state index contributed by atoms with van der Waals surface area (Å²) in [6.07, 6.45) is 0. The van der Waals surface area contributed by atoms with Crippen molar-refractivity contribution in [3.63, 3.8) is 0 Å². The number of aromatic nitrogens is 2. The molecule has 0 atom stereocenters. The molecule has 3 aromatic heterocycles. The molecule has 0 radical (unpaired) electrons. The summed E-state index contributed by atoms with van der Waals surface area (Å²) < 4.78 is 6.77. The Balaban J connectivity index is 1.88. The molecular weight excluding hydrogens is 334 g/mol. The molecule has 0 aliphatic carbocycles. The predicted octanol–water partition coefficient (Wildman–Crippen LogP) is 2.93. The van der Waals surface area contributed by atoms with Crippen LogP contribution in [0.1, 0.15) is 9.67 Å². The van der Waals surface area contributed by atoms with Crippen LogP contribution >= 0.6 is 22.7 Å². The monoisotopic (exact) mass is 349 g/mol. The van der Waals surface area contributed by atoms with Crippen molar-refractivity contribution >= 4 is 34.4 Å². The SMILES string of the molecule is COc1ccsc1C(=O)Nc1cc(-c2cccs2)nn1CCO. The Hall–Kier alpha value is -2.16. The highest BCUT2D eigenvalue weighted by Gasteiger charge is 2.17. The Labute approximate surface area is 141 Å². The van der Waals surface area contributed by atoms with Gasteiger partial charge in [-0.25, -0.2) is 4.68 Å². The molecule has 120 valence electrons. The molecule has 6 nitrogen and oxygen atoms in total. The van der Waals surface area contributed by atoms with Gasteiger partial charge >= 0.3 is 0 Å². The molecule has 8 heteroatoms. The van der Waals surface area contributed by atoms with Gasteiger partial charge in [-0.05, 0) is 22.9 Å². The minimum absolute atomic E-state index is 0.0588. The summed E-state index contributed by atoms with van der Waals surface area (Å²) in [5.74, 6) is 0.829. The molecule has 3 aromatic rings. The first-order valence-electron chi connectivity index (χ1n) is 6.88. The van der Waals surface area contributed by atoms with Crippen LogP contribution in [0.15, 0.2) is 35.0 Å². The Morgan fingerprint density at radius 1 is 1.39 bits per heavy atom. The standard InChI is InChI=1S/C15H15N3O3S2/c1-21-11-4-8-23-14(11)15(20)16-13-9-10(12-3-2-7-22-12)17-18(13)5-6-19/h2-4,7-9,19H,5-6H2,1H3,(H,16,20). The van der Waals surface area contributed by atoms with Crippen molar-refractivity contribution in [1.82, 2.24) is 9.78 Å². The van der Waals surface area contributed by atoms with E-state index in [0.29, 0.717) is 23.0 Å². The van der Waals surface area contributed by atoms with Gasteiger partial charge in [-0.1, -0.05) is 6.07 Å². The summed E-state index contributed by atoms with van der Waals surface area (Å²) in [6, 6.07) is 7.46. The fourth-order valence-electron chi connectivity index (χ4n) is 2.12. The van der Waals surface area contributed by atoms with Crippen LogP contribution in [-0.4, -0.2) is 34.5 Å². The zero-order chi connectivity index (χ0) is 16.2. The zero-order valence-corrected chi connectivity index (χ0v) is 14.0. The lowest BCUT2D eigenvalue weighted by Crippen LogP contribution is -2.16. The van der Waals surface area contributed by atoms with Crippen molar-refractivity contribution < 1.29 is 14.6 Å². The van der Waals surface area contributed by atoms with E-state index in [1.54, 1.807) is 33.5 Å². The van der Waals surface area contributed by atoms with E-state index in [9.17, 15) is 9.90 Å². The van der Waals surface area contributed by atoms with E-state index in [2.05, 4.69) is 10.4 Å². The topological polar surface area (TPSA) is 76.4 Å². The summed E-state index contributed by atoms with van der Waals surface area (Å²) in [7, 11) is 1.53. The smallest absolute Gasteiger partial charge is 0.270 e. The number of aliphatic hydroxyl groups is 1. The third kappa shape index (κ3) is 3.29. The van der Waals surface area contributed by atoms with E-state index in [-0.39, 0.29) is 12.5 Å². The van der Waals surface area contributed by atoms with Crippen molar-refractivity contribution in [1.29, 1.82) is 0 Å². The van der Waals surface area contributed by atoms with E-state index >= 15 is 0 Å². The molecule has 0 spiro atoms. The number of nitrogens with zero attached hydrogens (tertiary/aromatic N) is 2. The van der Waals surface area contributed by atoms with Crippen molar-refractivity contribution in [3.8, 4) is 16.3 Å². The number of nitrogens with one attached hydrogen (secondary N) is 1. The van der Waals surface area contributed by atoms with E-state index in [0.717, 1.165) is 10.6 Å². The van der Waals surface area contributed by atoms with Crippen molar-refractivity contribution in [3.05, 3.63) is 39.9 Å². The molecule has 3 heterocycles. The maximum absolute atomic E-state index is 12.4. The number of methoxy groups -OCH3 is 1. The number of anilines is 1. The minimum atomic E-state index is -0.256. The van der Waals surface area contributed by atoms with Crippen LogP contribution in [0.4, 0.5) is 5.82 Å². The van der Waals surface area contributed by atoms with E-state index in [1.807, 2.05) is 17.5 Å². The number of carbonyl (C=O) groups excluding carboxylic acids is 1. The lowest BCUT2D eigenvalue weighted by Gasteiger charge is -2.07. The Kier molecular flexibility index (Phi) is 4.75. The second kappa shape index (κ2) is 6.95. The van der Waals surface area contributed by atoms with Crippen LogP contribution in [0.25, 0.3) is 10.6 Å². The van der Waals surface area contributed by atoms with Gasteiger partial charge in [-0.3, -0.25) is 4.79 Å². The normalized spacial score (nSPS) is 10.7. The van der Waals surface area contributed by atoms with Gasteiger partial charge in [-0.2, -0.15) is 5.10 Å². The highest BCUT2D eigenvalue weighted by molar-refractivity contribution is 7.13. The van der Waals surface area contributed by atoms with Gasteiger partial charge in [0.1, 0.15) is 22.1 Å². The molecule has 0 fully saturated rings. The number of ether oxygens (including phenoxy) is 1. The predicted molar refractivity (Wildman–Crippen MR) is 91.5 cm³/mol. The van der Waals surface area contributed by atoms with Gasteiger partial charge in [0.2, 0.25) is 0 Å². The maximum atomic E-state index is 12.4. The van der Waals surface area contributed by atoms with E-state index in [4.69, 9.17) is 4.74 Å². The molecule has 0 bridgehead atoms. The fourth-order valence-corrected chi connectivity index (χ4v) is 3.56. The highest BCUT2D eigenvalue weighted by Crippen LogP contribution is 2.28. The molecule has 0 aliphatic rings. The van der Waals surface area contributed by atoms with Crippen molar-refractivity contribution in [2.24, 2.45) is 0 Å². The molecule has 0 saturated heterocycles. The number of hydrogen-bond donors (Lipinski definition) is 2. The van der Waals surface area contributed by atoms with Crippen LogP contribution in [-0.2, 0) is 6.54 Å². The number of hydrogen-bond acceptors (Lipinski definition) is 6. The molecule has 0 aliphatic heterocycles.